The molecule has 0 bridgehead atoms. The first-order valence-electron chi connectivity index (χ1n) is 10.4. The van der Waals surface area contributed by atoms with Crippen LogP contribution in [-0.2, 0) is 24.3 Å². The Hall–Kier alpha value is -3.04. The van der Waals surface area contributed by atoms with Crippen molar-refractivity contribution < 1.29 is 27.1 Å². The molecule has 32 heavy (non-hydrogen) atoms. The molecular formula is C23H25FN2O5S. The summed E-state index contributed by atoms with van der Waals surface area (Å²) in [5, 5.41) is 2.31. The third kappa shape index (κ3) is 6.48. The number of halogens is 1. The van der Waals surface area contributed by atoms with Gasteiger partial charge in [-0.3, -0.25) is 4.79 Å². The number of benzene rings is 2. The zero-order chi connectivity index (χ0) is 23.0. The quantitative estimate of drug-likeness (QED) is 0.504. The molecule has 1 amide bonds. The van der Waals surface area contributed by atoms with Crippen molar-refractivity contribution in [2.24, 2.45) is 0 Å². The molecule has 0 aromatic heterocycles. The summed E-state index contributed by atoms with van der Waals surface area (Å²) < 4.78 is 45.5. The van der Waals surface area contributed by atoms with Gasteiger partial charge in [0.15, 0.2) is 6.61 Å². The molecule has 1 fully saturated rings. The Labute approximate surface area is 186 Å². The van der Waals surface area contributed by atoms with E-state index in [0.29, 0.717) is 18.7 Å². The Morgan fingerprint density at radius 1 is 1.00 bits per heavy atom. The molecule has 0 spiro atoms. The highest BCUT2D eigenvalue weighted by atomic mass is 32.2. The Morgan fingerprint density at radius 3 is 2.31 bits per heavy atom. The number of sulfonamides is 1. The van der Waals surface area contributed by atoms with E-state index in [4.69, 9.17) is 4.74 Å². The smallest absolute Gasteiger partial charge is 0.331 e. The number of nitrogens with zero attached hydrogens (tertiary/aromatic N) is 1. The number of anilines is 1. The summed E-state index contributed by atoms with van der Waals surface area (Å²) in [7, 11) is -3.53. The molecule has 2 aromatic carbocycles. The van der Waals surface area contributed by atoms with Gasteiger partial charge in [0.25, 0.3) is 5.91 Å². The second kappa shape index (κ2) is 11.0. The minimum Gasteiger partial charge on any atom is -0.452 e. The van der Waals surface area contributed by atoms with Gasteiger partial charge in [-0.1, -0.05) is 37.1 Å². The van der Waals surface area contributed by atoms with Crippen molar-refractivity contribution >= 4 is 33.7 Å². The summed E-state index contributed by atoms with van der Waals surface area (Å²) >= 11 is 0. The number of ether oxygens (including phenoxy) is 1. The van der Waals surface area contributed by atoms with E-state index < -0.39 is 34.3 Å². The fourth-order valence-corrected chi connectivity index (χ4v) is 4.80. The van der Waals surface area contributed by atoms with E-state index in [1.54, 1.807) is 18.2 Å². The van der Waals surface area contributed by atoms with Gasteiger partial charge in [-0.15, -0.1) is 0 Å². The summed E-state index contributed by atoms with van der Waals surface area (Å²) in [5.41, 5.74) is 0.604. The van der Waals surface area contributed by atoms with Crippen molar-refractivity contribution in [3.63, 3.8) is 0 Å². The average Bonchev–Trinajstić information content (AvgIpc) is 3.08. The van der Waals surface area contributed by atoms with Crippen molar-refractivity contribution in [2.45, 2.75) is 30.6 Å². The molecule has 0 atom stereocenters. The van der Waals surface area contributed by atoms with Crippen LogP contribution in [0.5, 0.6) is 0 Å². The van der Waals surface area contributed by atoms with Crippen molar-refractivity contribution in [1.29, 1.82) is 0 Å². The number of amides is 1. The SMILES string of the molecule is O=C(COC(=O)/C=C/c1ccc(S(=O)(=O)N2CCCCCC2)cc1)Nc1ccccc1F. The summed E-state index contributed by atoms with van der Waals surface area (Å²) in [6, 6.07) is 11.9. The maximum Gasteiger partial charge on any atom is 0.331 e. The number of para-hydroxylation sites is 1. The molecule has 1 saturated heterocycles. The third-order valence-corrected chi connectivity index (χ3v) is 6.90. The van der Waals surface area contributed by atoms with Crippen molar-refractivity contribution in [2.75, 3.05) is 25.0 Å². The zero-order valence-corrected chi connectivity index (χ0v) is 18.3. The fraction of sp³-hybridized carbons (Fsp3) is 0.304. The molecule has 2 aromatic rings. The molecule has 1 heterocycles. The number of nitrogens with one attached hydrogen (secondary N) is 1. The van der Waals surface area contributed by atoms with Crippen LogP contribution in [0.25, 0.3) is 6.08 Å². The molecule has 7 nitrogen and oxygen atoms in total. The second-order valence-electron chi connectivity index (χ2n) is 7.36. The van der Waals surface area contributed by atoms with Crippen LogP contribution in [0.4, 0.5) is 10.1 Å². The Balaban J connectivity index is 1.52. The molecule has 0 aliphatic carbocycles. The first kappa shape index (κ1) is 23.6. The van der Waals surface area contributed by atoms with Crippen LogP contribution >= 0.6 is 0 Å². The lowest BCUT2D eigenvalue weighted by molar-refractivity contribution is -0.142. The van der Waals surface area contributed by atoms with E-state index in [1.165, 1.54) is 40.7 Å². The normalized spacial score (nSPS) is 15.3. The van der Waals surface area contributed by atoms with Crippen LogP contribution in [0.3, 0.4) is 0 Å². The Kier molecular flexibility index (Phi) is 8.13. The van der Waals surface area contributed by atoms with Crippen LogP contribution in [0.1, 0.15) is 31.2 Å². The van der Waals surface area contributed by atoms with Gasteiger partial charge in [-0.25, -0.2) is 17.6 Å². The van der Waals surface area contributed by atoms with E-state index in [0.717, 1.165) is 31.8 Å². The Bertz CT molecular complexity index is 1080. The number of esters is 1. The molecule has 0 radical (unpaired) electrons. The summed E-state index contributed by atoms with van der Waals surface area (Å²) in [4.78, 5) is 23.8. The average molecular weight is 461 g/mol. The van der Waals surface area contributed by atoms with E-state index in [1.807, 2.05) is 0 Å². The van der Waals surface area contributed by atoms with Gasteiger partial charge in [-0.05, 0) is 48.7 Å². The van der Waals surface area contributed by atoms with E-state index in [-0.39, 0.29) is 10.6 Å². The standard InChI is InChI=1S/C23H25FN2O5S/c24-20-7-3-4-8-21(20)25-22(27)17-31-23(28)14-11-18-9-12-19(13-10-18)32(29,30)26-15-5-1-2-6-16-26/h3-4,7-14H,1-2,5-6,15-17H2,(H,25,27)/b14-11+. The minimum atomic E-state index is -3.53. The van der Waals surface area contributed by atoms with Gasteiger partial charge in [0.1, 0.15) is 5.82 Å². The molecule has 0 unspecified atom stereocenters. The Morgan fingerprint density at radius 2 is 1.66 bits per heavy atom. The van der Waals surface area contributed by atoms with Crippen molar-refractivity contribution in [3.8, 4) is 0 Å². The van der Waals surface area contributed by atoms with Crippen LogP contribution in [-0.4, -0.2) is 44.3 Å². The molecule has 1 N–H and O–H groups in total. The summed E-state index contributed by atoms with van der Waals surface area (Å²) in [6.07, 6.45) is 6.39. The predicted molar refractivity (Wildman–Crippen MR) is 119 cm³/mol. The molecule has 9 heteroatoms. The van der Waals surface area contributed by atoms with E-state index >= 15 is 0 Å². The molecule has 1 aliphatic rings. The lowest BCUT2D eigenvalue weighted by Gasteiger charge is -2.19. The summed E-state index contributed by atoms with van der Waals surface area (Å²) in [5.74, 6) is -2.01. The molecule has 170 valence electrons. The zero-order valence-electron chi connectivity index (χ0n) is 17.5. The van der Waals surface area contributed by atoms with Crippen molar-refractivity contribution in [3.05, 3.63) is 66.0 Å². The molecule has 1 aliphatic heterocycles. The summed E-state index contributed by atoms with van der Waals surface area (Å²) in [6.45, 7) is 0.491. The second-order valence-corrected chi connectivity index (χ2v) is 9.29. The fourth-order valence-electron chi connectivity index (χ4n) is 3.28. The monoisotopic (exact) mass is 460 g/mol. The van der Waals surface area contributed by atoms with Gasteiger partial charge in [0, 0.05) is 19.2 Å². The van der Waals surface area contributed by atoms with Crippen molar-refractivity contribution in [1.82, 2.24) is 4.31 Å². The van der Waals surface area contributed by atoms with Gasteiger partial charge in [-0.2, -0.15) is 4.31 Å². The predicted octanol–water partition coefficient (Wildman–Crippen LogP) is 3.59. The number of carbonyl (C=O) groups is 2. The van der Waals surface area contributed by atoms with E-state index in [2.05, 4.69) is 5.32 Å². The van der Waals surface area contributed by atoms with Gasteiger partial charge in [0.2, 0.25) is 10.0 Å². The van der Waals surface area contributed by atoms with Gasteiger partial charge in [0.05, 0.1) is 10.6 Å². The lowest BCUT2D eigenvalue weighted by atomic mass is 10.2. The highest BCUT2D eigenvalue weighted by Gasteiger charge is 2.24. The third-order valence-electron chi connectivity index (χ3n) is 4.99. The van der Waals surface area contributed by atoms with Crippen LogP contribution in [0.2, 0.25) is 0 Å². The number of carbonyl (C=O) groups excluding carboxylic acids is 2. The maximum absolute atomic E-state index is 13.5. The molecule has 0 saturated carbocycles. The molecular weight excluding hydrogens is 435 g/mol. The number of hydrogen-bond donors (Lipinski definition) is 1. The van der Waals surface area contributed by atoms with Crippen LogP contribution in [0, 0.1) is 5.82 Å². The van der Waals surface area contributed by atoms with Crippen LogP contribution < -0.4 is 5.32 Å². The van der Waals surface area contributed by atoms with E-state index in [9.17, 15) is 22.4 Å². The molecule has 3 rings (SSSR count). The number of hydrogen-bond acceptors (Lipinski definition) is 5. The minimum absolute atomic E-state index is 0.000640. The lowest BCUT2D eigenvalue weighted by Crippen LogP contribution is -2.31. The largest absolute Gasteiger partial charge is 0.452 e. The highest BCUT2D eigenvalue weighted by molar-refractivity contribution is 7.89. The number of rotatable bonds is 7. The maximum atomic E-state index is 13.5. The first-order valence-corrected chi connectivity index (χ1v) is 11.8. The van der Waals surface area contributed by atoms with Gasteiger partial charge < -0.3 is 10.1 Å². The van der Waals surface area contributed by atoms with Gasteiger partial charge >= 0.3 is 5.97 Å². The first-order chi connectivity index (χ1) is 15.4. The topological polar surface area (TPSA) is 92.8 Å². The highest BCUT2D eigenvalue weighted by Crippen LogP contribution is 2.21. The van der Waals surface area contributed by atoms with Crippen LogP contribution in [0.15, 0.2) is 59.5 Å².